The number of carbonyl (C=O) groups excluding carboxylic acids is 1. The lowest BCUT2D eigenvalue weighted by molar-refractivity contribution is 0.0527. The molecule has 0 spiro atoms. The molecule has 0 aliphatic heterocycles. The van der Waals surface area contributed by atoms with E-state index < -0.39 is 11.7 Å². The number of rotatable bonds is 4. The number of hydrogen-bond acceptors (Lipinski definition) is 4. The lowest BCUT2D eigenvalue weighted by atomic mass is 10.2. The smallest absolute Gasteiger partial charge is 0.407 e. The van der Waals surface area contributed by atoms with Crippen LogP contribution >= 0.6 is 28.1 Å². The van der Waals surface area contributed by atoms with Crippen LogP contribution in [0, 0.1) is 4.77 Å². The van der Waals surface area contributed by atoms with E-state index in [0.717, 1.165) is 32.8 Å². The fraction of sp³-hybridized carbons (Fsp3) is 0.389. The number of carbonyl (C=O) groups is 1. The number of halogens is 1. The molecule has 138 valence electrons. The van der Waals surface area contributed by atoms with Gasteiger partial charge < -0.3 is 19.6 Å². The summed E-state index contributed by atoms with van der Waals surface area (Å²) in [6.45, 7) is 6.72. The fourth-order valence-corrected chi connectivity index (χ4v) is 3.42. The number of aryl methyl sites for hydroxylation is 1. The molecule has 1 aromatic carbocycles. The third kappa shape index (κ3) is 4.24. The van der Waals surface area contributed by atoms with Crippen LogP contribution in [0.5, 0.6) is 0 Å². The number of imidazole rings is 1. The van der Waals surface area contributed by atoms with E-state index in [1.807, 2.05) is 39.0 Å². The van der Waals surface area contributed by atoms with E-state index in [9.17, 15) is 4.79 Å². The number of alkyl carbamates (subject to hydrolysis) is 1. The Morgan fingerprint density at radius 3 is 2.92 bits per heavy atom. The van der Waals surface area contributed by atoms with E-state index in [1.165, 1.54) is 0 Å². The Balaban J connectivity index is 1.77. The summed E-state index contributed by atoms with van der Waals surface area (Å²) in [5, 5.41) is 3.82. The number of amides is 1. The van der Waals surface area contributed by atoms with Gasteiger partial charge in [0.1, 0.15) is 5.60 Å². The SMILES string of the molecule is CC(C)(C)OC(=O)NCCCn1c(=S)[nH]c2cnc3cc(Br)ccc3c21. The largest absolute Gasteiger partial charge is 0.444 e. The van der Waals surface area contributed by atoms with Crippen LogP contribution < -0.4 is 5.32 Å². The second-order valence-corrected chi connectivity index (χ2v) is 8.35. The number of H-pyrrole nitrogens is 1. The van der Waals surface area contributed by atoms with Gasteiger partial charge in [-0.05, 0) is 57.6 Å². The highest BCUT2D eigenvalue weighted by molar-refractivity contribution is 9.10. The molecule has 0 bridgehead atoms. The zero-order chi connectivity index (χ0) is 18.9. The third-order valence-corrected chi connectivity index (χ3v) is 4.60. The van der Waals surface area contributed by atoms with Gasteiger partial charge in [-0.3, -0.25) is 4.98 Å². The highest BCUT2D eigenvalue weighted by Crippen LogP contribution is 2.26. The molecule has 2 N–H and O–H groups in total. The number of ether oxygens (including phenoxy) is 1. The number of benzene rings is 1. The number of aromatic nitrogens is 3. The predicted octanol–water partition coefficient (Wildman–Crippen LogP) is 4.92. The molecule has 0 fully saturated rings. The molecule has 0 saturated heterocycles. The molecule has 8 heteroatoms. The van der Waals surface area contributed by atoms with Crippen molar-refractivity contribution in [2.45, 2.75) is 39.3 Å². The Bertz CT molecular complexity index is 1020. The minimum atomic E-state index is -0.496. The van der Waals surface area contributed by atoms with Crippen LogP contribution in [-0.4, -0.2) is 32.8 Å². The van der Waals surface area contributed by atoms with Crippen molar-refractivity contribution in [3.8, 4) is 0 Å². The summed E-state index contributed by atoms with van der Waals surface area (Å²) >= 11 is 8.95. The Kier molecular flexibility index (Phi) is 5.34. The molecule has 2 heterocycles. The van der Waals surface area contributed by atoms with Crippen molar-refractivity contribution in [3.63, 3.8) is 0 Å². The van der Waals surface area contributed by atoms with Crippen molar-refractivity contribution >= 4 is 56.2 Å². The topological polar surface area (TPSA) is 71.9 Å². The minimum Gasteiger partial charge on any atom is -0.444 e. The second kappa shape index (κ2) is 7.36. The number of nitrogens with zero attached hydrogens (tertiary/aromatic N) is 2. The molecule has 0 unspecified atom stereocenters. The average molecular weight is 437 g/mol. The third-order valence-electron chi connectivity index (χ3n) is 3.79. The minimum absolute atomic E-state index is 0.403. The van der Waals surface area contributed by atoms with E-state index in [2.05, 4.69) is 35.8 Å². The van der Waals surface area contributed by atoms with Crippen molar-refractivity contribution in [1.29, 1.82) is 0 Å². The average Bonchev–Trinajstić information content (AvgIpc) is 2.85. The summed E-state index contributed by atoms with van der Waals surface area (Å²) in [4.78, 5) is 19.4. The molecule has 6 nitrogen and oxygen atoms in total. The summed E-state index contributed by atoms with van der Waals surface area (Å²) in [5.41, 5.74) is 2.35. The van der Waals surface area contributed by atoms with Gasteiger partial charge in [0.2, 0.25) is 0 Å². The first-order chi connectivity index (χ1) is 12.2. The molecule has 3 aromatic rings. The van der Waals surface area contributed by atoms with Crippen molar-refractivity contribution in [1.82, 2.24) is 19.9 Å². The van der Waals surface area contributed by atoms with Crippen LogP contribution in [0.1, 0.15) is 27.2 Å². The summed E-state index contributed by atoms with van der Waals surface area (Å²) in [6, 6.07) is 6.01. The Labute approximate surface area is 165 Å². The normalized spacial score (nSPS) is 11.8. The lowest BCUT2D eigenvalue weighted by Gasteiger charge is -2.19. The highest BCUT2D eigenvalue weighted by Gasteiger charge is 2.15. The fourth-order valence-electron chi connectivity index (χ4n) is 2.77. The standard InChI is InChI=1S/C18H21BrN4O2S/c1-18(2,3)25-17(24)20-7-4-8-23-15-12-6-5-11(19)9-13(12)21-10-14(15)22-16(23)26/h5-6,9-10H,4,7-8H2,1-3H3,(H,20,24)(H,22,26). The summed E-state index contributed by atoms with van der Waals surface area (Å²) in [5.74, 6) is 0. The Morgan fingerprint density at radius 2 is 2.19 bits per heavy atom. The molecule has 0 radical (unpaired) electrons. The molecule has 2 aromatic heterocycles. The van der Waals surface area contributed by atoms with Crippen LogP contribution in [0.3, 0.4) is 0 Å². The van der Waals surface area contributed by atoms with Gasteiger partial charge >= 0.3 is 6.09 Å². The molecule has 0 aliphatic rings. The maximum atomic E-state index is 11.7. The van der Waals surface area contributed by atoms with Gasteiger partial charge in [0.25, 0.3) is 0 Å². The molecule has 1 amide bonds. The van der Waals surface area contributed by atoms with Gasteiger partial charge in [0.15, 0.2) is 4.77 Å². The van der Waals surface area contributed by atoms with Crippen molar-refractivity contribution < 1.29 is 9.53 Å². The van der Waals surface area contributed by atoms with Crippen LogP contribution in [0.15, 0.2) is 28.9 Å². The summed E-state index contributed by atoms with van der Waals surface area (Å²) < 4.78 is 8.93. The monoisotopic (exact) mass is 436 g/mol. The summed E-state index contributed by atoms with van der Waals surface area (Å²) in [6.07, 6.45) is 2.13. The Morgan fingerprint density at radius 1 is 1.42 bits per heavy atom. The van der Waals surface area contributed by atoms with Gasteiger partial charge in [-0.1, -0.05) is 15.9 Å². The molecule has 0 aliphatic carbocycles. The molecule has 26 heavy (non-hydrogen) atoms. The number of fused-ring (bicyclic) bond motifs is 3. The number of nitrogens with one attached hydrogen (secondary N) is 2. The van der Waals surface area contributed by atoms with Crippen LogP contribution in [0.2, 0.25) is 0 Å². The first kappa shape index (κ1) is 18.8. The van der Waals surface area contributed by atoms with Crippen molar-refractivity contribution in [3.05, 3.63) is 33.6 Å². The lowest BCUT2D eigenvalue weighted by Crippen LogP contribution is -2.33. The van der Waals surface area contributed by atoms with Crippen LogP contribution in [0.4, 0.5) is 4.79 Å². The quantitative estimate of drug-likeness (QED) is 0.449. The molecule has 0 saturated carbocycles. The van der Waals surface area contributed by atoms with Crippen molar-refractivity contribution in [2.24, 2.45) is 0 Å². The first-order valence-electron chi connectivity index (χ1n) is 8.38. The molecular weight excluding hydrogens is 416 g/mol. The second-order valence-electron chi connectivity index (χ2n) is 7.05. The maximum absolute atomic E-state index is 11.7. The van der Waals surface area contributed by atoms with Crippen LogP contribution in [-0.2, 0) is 11.3 Å². The van der Waals surface area contributed by atoms with E-state index in [1.54, 1.807) is 6.20 Å². The van der Waals surface area contributed by atoms with Gasteiger partial charge in [0, 0.05) is 22.9 Å². The van der Waals surface area contributed by atoms with Crippen molar-refractivity contribution in [2.75, 3.05) is 6.54 Å². The number of hydrogen-bond donors (Lipinski definition) is 2. The van der Waals surface area contributed by atoms with Crippen LogP contribution in [0.25, 0.3) is 21.9 Å². The zero-order valence-electron chi connectivity index (χ0n) is 14.9. The van der Waals surface area contributed by atoms with Gasteiger partial charge in [-0.15, -0.1) is 0 Å². The van der Waals surface area contributed by atoms with E-state index in [-0.39, 0.29) is 0 Å². The molecule has 3 rings (SSSR count). The zero-order valence-corrected chi connectivity index (χ0v) is 17.3. The summed E-state index contributed by atoms with van der Waals surface area (Å²) in [7, 11) is 0. The number of pyridine rings is 1. The van der Waals surface area contributed by atoms with E-state index >= 15 is 0 Å². The van der Waals surface area contributed by atoms with Gasteiger partial charge in [0.05, 0.1) is 22.7 Å². The molecule has 0 atom stereocenters. The first-order valence-corrected chi connectivity index (χ1v) is 9.58. The van der Waals surface area contributed by atoms with Gasteiger partial charge in [-0.2, -0.15) is 0 Å². The Hall–Kier alpha value is -1.93. The predicted molar refractivity (Wildman–Crippen MR) is 109 cm³/mol. The van der Waals surface area contributed by atoms with Gasteiger partial charge in [-0.25, -0.2) is 4.79 Å². The highest BCUT2D eigenvalue weighted by atomic mass is 79.9. The van der Waals surface area contributed by atoms with E-state index in [4.69, 9.17) is 17.0 Å². The number of aromatic amines is 1. The molecular formula is C18H21BrN4O2S. The maximum Gasteiger partial charge on any atom is 0.407 e. The van der Waals surface area contributed by atoms with E-state index in [0.29, 0.717) is 17.9 Å².